The summed E-state index contributed by atoms with van der Waals surface area (Å²) in [4.78, 5) is 0. The van der Waals surface area contributed by atoms with Crippen molar-refractivity contribution in [3.63, 3.8) is 0 Å². The van der Waals surface area contributed by atoms with E-state index < -0.39 is 5.60 Å². The van der Waals surface area contributed by atoms with Gasteiger partial charge in [0.2, 0.25) is 0 Å². The molecule has 1 saturated heterocycles. The van der Waals surface area contributed by atoms with Crippen molar-refractivity contribution in [3.05, 3.63) is 169 Å². The fourth-order valence-corrected chi connectivity index (χ4v) is 6.49. The van der Waals surface area contributed by atoms with E-state index >= 15 is 0 Å². The van der Waals surface area contributed by atoms with Crippen LogP contribution in [0.5, 0.6) is 0 Å². The second-order valence-electron chi connectivity index (χ2n) is 11.5. The number of nitrogens with one attached hydrogen (secondary N) is 1. The molecule has 1 aliphatic rings. The van der Waals surface area contributed by atoms with Gasteiger partial charge in [0.1, 0.15) is 5.60 Å². The third kappa shape index (κ3) is 5.44. The maximum Gasteiger partial charge on any atom is 0.130 e. The summed E-state index contributed by atoms with van der Waals surface area (Å²) in [6.45, 7) is 0.890. The second-order valence-corrected chi connectivity index (χ2v) is 11.5. The minimum atomic E-state index is -1.26. The number of rotatable bonds is 7. The van der Waals surface area contributed by atoms with Gasteiger partial charge in [-0.05, 0) is 111 Å². The first-order valence-electron chi connectivity index (χ1n) is 15.2. The van der Waals surface area contributed by atoms with Crippen LogP contribution in [-0.4, -0.2) is 17.7 Å². The molecule has 0 aliphatic carbocycles. The maximum atomic E-state index is 13.3. The van der Waals surface area contributed by atoms with Gasteiger partial charge in [-0.2, -0.15) is 0 Å². The smallest absolute Gasteiger partial charge is 0.130 e. The zero-order valence-electron chi connectivity index (χ0n) is 24.2. The van der Waals surface area contributed by atoms with Crippen molar-refractivity contribution in [2.75, 3.05) is 6.54 Å². The van der Waals surface area contributed by atoms with E-state index in [0.717, 1.165) is 75.0 Å². The number of aliphatic hydroxyl groups is 1. The van der Waals surface area contributed by atoms with Crippen LogP contribution in [0, 0.1) is 0 Å². The molecule has 2 heteroatoms. The van der Waals surface area contributed by atoms with Crippen LogP contribution in [0.25, 0.3) is 44.5 Å². The van der Waals surface area contributed by atoms with E-state index in [4.69, 9.17) is 0 Å². The normalized spacial score (nSPS) is 15.0. The predicted molar refractivity (Wildman–Crippen MR) is 179 cm³/mol. The Morgan fingerprint density at radius 2 is 0.767 bits per heavy atom. The highest BCUT2D eigenvalue weighted by Crippen LogP contribution is 2.43. The molecule has 0 bridgehead atoms. The molecular formula is C41H35NO. The quantitative estimate of drug-likeness (QED) is 0.205. The molecule has 0 aromatic heterocycles. The molecule has 0 spiro atoms. The van der Waals surface area contributed by atoms with Crippen molar-refractivity contribution in [1.29, 1.82) is 0 Å². The summed E-state index contributed by atoms with van der Waals surface area (Å²) in [6.07, 6.45) is 1.92. The predicted octanol–water partition coefficient (Wildman–Crippen LogP) is 9.34. The lowest BCUT2D eigenvalue weighted by atomic mass is 9.76. The summed E-state index contributed by atoms with van der Waals surface area (Å²) in [7, 11) is 0. The first-order valence-corrected chi connectivity index (χ1v) is 15.2. The summed E-state index contributed by atoms with van der Waals surface area (Å²) in [5.41, 5.74) is 9.43. The Kier molecular flexibility index (Phi) is 7.47. The largest absolute Gasteiger partial charge is 0.379 e. The van der Waals surface area contributed by atoms with Crippen LogP contribution in [0.3, 0.4) is 0 Å². The molecule has 1 aliphatic heterocycles. The highest BCUT2D eigenvalue weighted by Gasteiger charge is 2.42. The Balaban J connectivity index is 1.49. The zero-order chi connectivity index (χ0) is 29.1. The Morgan fingerprint density at radius 3 is 1.05 bits per heavy atom. The van der Waals surface area contributed by atoms with Crippen LogP contribution < -0.4 is 5.32 Å². The van der Waals surface area contributed by atoms with Gasteiger partial charge in [-0.3, -0.25) is 0 Å². The van der Waals surface area contributed by atoms with E-state index in [1.54, 1.807) is 0 Å². The average molecular weight is 558 g/mol. The molecule has 0 saturated carbocycles. The number of hydrogen-bond donors (Lipinski definition) is 2. The van der Waals surface area contributed by atoms with Gasteiger partial charge in [0, 0.05) is 6.04 Å². The topological polar surface area (TPSA) is 32.3 Å². The second kappa shape index (κ2) is 11.9. The van der Waals surface area contributed by atoms with Crippen molar-refractivity contribution in [1.82, 2.24) is 5.32 Å². The summed E-state index contributed by atoms with van der Waals surface area (Å²) < 4.78 is 0. The van der Waals surface area contributed by atoms with E-state index in [1.807, 2.05) is 24.3 Å². The minimum absolute atomic E-state index is 0.128. The van der Waals surface area contributed by atoms with E-state index in [-0.39, 0.29) is 6.04 Å². The standard InChI is InChI=1S/C41H35NO/c43-41(40-22-13-23-42-40,38-26-34(30-14-5-1-6-15-30)24-35(27-38)31-16-7-2-8-17-31)39-28-36(32-18-9-3-10-19-32)25-37(29-39)33-20-11-4-12-21-33/h1-12,14-21,24-29,40,42-43H,13,22-23H2/t40-/m1/s1. The van der Waals surface area contributed by atoms with Crippen LogP contribution in [0.15, 0.2) is 158 Å². The van der Waals surface area contributed by atoms with Crippen molar-refractivity contribution < 1.29 is 5.11 Å². The molecule has 0 amide bonds. The Hall–Kier alpha value is -4.76. The van der Waals surface area contributed by atoms with Crippen molar-refractivity contribution in [2.45, 2.75) is 24.5 Å². The maximum absolute atomic E-state index is 13.3. The minimum Gasteiger partial charge on any atom is -0.379 e. The summed E-state index contributed by atoms with van der Waals surface area (Å²) in [5, 5.41) is 17.0. The van der Waals surface area contributed by atoms with E-state index in [1.165, 1.54) is 0 Å². The van der Waals surface area contributed by atoms with Gasteiger partial charge < -0.3 is 10.4 Å². The molecule has 2 nitrogen and oxygen atoms in total. The van der Waals surface area contributed by atoms with Gasteiger partial charge in [0.05, 0.1) is 0 Å². The summed E-state index contributed by atoms with van der Waals surface area (Å²) in [6, 6.07) is 55.1. The molecular weight excluding hydrogens is 522 g/mol. The molecule has 210 valence electrons. The fraction of sp³-hybridized carbons (Fsp3) is 0.122. The molecule has 1 atom stereocenters. The summed E-state index contributed by atoms with van der Waals surface area (Å²) in [5.74, 6) is 0. The Morgan fingerprint density at radius 1 is 0.442 bits per heavy atom. The van der Waals surface area contributed by atoms with Crippen molar-refractivity contribution >= 4 is 0 Å². The van der Waals surface area contributed by atoms with E-state index in [2.05, 4.69) is 139 Å². The molecule has 0 unspecified atom stereocenters. The van der Waals surface area contributed by atoms with Crippen LogP contribution in [0.4, 0.5) is 0 Å². The average Bonchev–Trinajstić information content (AvgIpc) is 3.65. The Labute approximate surface area is 254 Å². The summed E-state index contributed by atoms with van der Waals surface area (Å²) >= 11 is 0. The lowest BCUT2D eigenvalue weighted by Crippen LogP contribution is -2.46. The van der Waals surface area contributed by atoms with Crippen molar-refractivity contribution in [2.24, 2.45) is 0 Å². The highest BCUT2D eigenvalue weighted by molar-refractivity contribution is 5.77. The molecule has 7 rings (SSSR count). The highest BCUT2D eigenvalue weighted by atomic mass is 16.3. The molecule has 6 aromatic carbocycles. The van der Waals surface area contributed by atoms with Crippen LogP contribution >= 0.6 is 0 Å². The van der Waals surface area contributed by atoms with E-state index in [9.17, 15) is 5.11 Å². The first-order chi connectivity index (χ1) is 21.2. The van der Waals surface area contributed by atoms with Gasteiger partial charge in [-0.1, -0.05) is 121 Å². The van der Waals surface area contributed by atoms with Gasteiger partial charge in [0.15, 0.2) is 0 Å². The van der Waals surface area contributed by atoms with Gasteiger partial charge >= 0.3 is 0 Å². The van der Waals surface area contributed by atoms with Gasteiger partial charge in [-0.15, -0.1) is 0 Å². The number of hydrogen-bond acceptors (Lipinski definition) is 2. The van der Waals surface area contributed by atoms with Crippen LogP contribution in [0.1, 0.15) is 24.0 Å². The monoisotopic (exact) mass is 557 g/mol. The Bertz CT molecular complexity index is 1570. The molecule has 6 aromatic rings. The van der Waals surface area contributed by atoms with Crippen LogP contribution in [-0.2, 0) is 5.60 Å². The zero-order valence-corrected chi connectivity index (χ0v) is 24.2. The fourth-order valence-electron chi connectivity index (χ4n) is 6.49. The SMILES string of the molecule is OC(c1cc(-c2ccccc2)cc(-c2ccccc2)c1)(c1cc(-c2ccccc2)cc(-c2ccccc2)c1)[C@H]1CCCN1. The lowest BCUT2D eigenvalue weighted by molar-refractivity contribution is 0.0444. The molecule has 0 radical (unpaired) electrons. The van der Waals surface area contributed by atoms with Gasteiger partial charge in [-0.25, -0.2) is 0 Å². The molecule has 1 fully saturated rings. The first kappa shape index (κ1) is 27.1. The van der Waals surface area contributed by atoms with Crippen LogP contribution in [0.2, 0.25) is 0 Å². The van der Waals surface area contributed by atoms with Gasteiger partial charge in [0.25, 0.3) is 0 Å². The third-order valence-corrected chi connectivity index (χ3v) is 8.74. The number of benzene rings is 6. The van der Waals surface area contributed by atoms with Crippen molar-refractivity contribution in [3.8, 4) is 44.5 Å². The van der Waals surface area contributed by atoms with E-state index in [0.29, 0.717) is 0 Å². The molecule has 43 heavy (non-hydrogen) atoms. The lowest BCUT2D eigenvalue weighted by Gasteiger charge is -2.37. The third-order valence-electron chi connectivity index (χ3n) is 8.74. The molecule has 1 heterocycles. The molecule has 2 N–H and O–H groups in total.